The van der Waals surface area contributed by atoms with Crippen molar-refractivity contribution in [3.63, 3.8) is 0 Å². The van der Waals surface area contributed by atoms with E-state index in [1.54, 1.807) is 6.92 Å². The van der Waals surface area contributed by atoms with Gasteiger partial charge in [0.25, 0.3) is 0 Å². The summed E-state index contributed by atoms with van der Waals surface area (Å²) >= 11 is 0. The van der Waals surface area contributed by atoms with Gasteiger partial charge in [0.1, 0.15) is 0 Å². The number of hydrogen-bond donors (Lipinski definition) is 2. The van der Waals surface area contributed by atoms with Gasteiger partial charge in [-0.15, -0.1) is 0 Å². The van der Waals surface area contributed by atoms with Crippen LogP contribution >= 0.6 is 0 Å². The molecule has 0 saturated carbocycles. The van der Waals surface area contributed by atoms with Gasteiger partial charge < -0.3 is 10.7 Å². The van der Waals surface area contributed by atoms with E-state index in [1.807, 2.05) is 31.3 Å². The zero-order valence-electron chi connectivity index (χ0n) is 9.58. The lowest BCUT2D eigenvalue weighted by Crippen LogP contribution is -2.17. The molecule has 1 aromatic heterocycles. The highest BCUT2D eigenvalue weighted by atomic mass is 16.1. The molecule has 0 spiro atoms. The molecule has 1 aromatic carbocycles. The van der Waals surface area contributed by atoms with Crippen molar-refractivity contribution in [2.45, 2.75) is 26.3 Å². The van der Waals surface area contributed by atoms with E-state index in [0.717, 1.165) is 22.9 Å². The number of H-pyrrole nitrogens is 1. The van der Waals surface area contributed by atoms with Crippen molar-refractivity contribution in [1.82, 2.24) is 4.98 Å². The Morgan fingerprint density at radius 1 is 1.50 bits per heavy atom. The van der Waals surface area contributed by atoms with Crippen LogP contribution in [0.15, 0.2) is 24.4 Å². The van der Waals surface area contributed by atoms with Crippen LogP contribution in [-0.4, -0.2) is 16.8 Å². The van der Waals surface area contributed by atoms with Crippen LogP contribution in [0.5, 0.6) is 0 Å². The number of nitrogens with one attached hydrogen (secondary N) is 1. The number of carbonyl (C=O) groups is 1. The van der Waals surface area contributed by atoms with Crippen LogP contribution in [0, 0.1) is 0 Å². The van der Waals surface area contributed by atoms with Gasteiger partial charge in [-0.25, -0.2) is 0 Å². The number of aromatic amines is 1. The highest BCUT2D eigenvalue weighted by Crippen LogP contribution is 2.21. The van der Waals surface area contributed by atoms with Crippen LogP contribution in [0.4, 0.5) is 0 Å². The third-order valence-electron chi connectivity index (χ3n) is 2.72. The van der Waals surface area contributed by atoms with Gasteiger partial charge in [0.05, 0.1) is 0 Å². The first kappa shape index (κ1) is 10.9. The fraction of sp³-hybridized carbons (Fsp3) is 0.308. The summed E-state index contributed by atoms with van der Waals surface area (Å²) in [5.41, 5.74) is 8.77. The van der Waals surface area contributed by atoms with E-state index in [4.69, 9.17) is 5.73 Å². The summed E-state index contributed by atoms with van der Waals surface area (Å²) in [4.78, 5) is 14.5. The number of fused-ring (bicyclic) bond motifs is 1. The number of nitrogens with two attached hydrogens (primary N) is 1. The molecule has 3 N–H and O–H groups in total. The van der Waals surface area contributed by atoms with E-state index >= 15 is 0 Å². The van der Waals surface area contributed by atoms with Gasteiger partial charge in [0.15, 0.2) is 5.78 Å². The largest absolute Gasteiger partial charge is 0.361 e. The van der Waals surface area contributed by atoms with E-state index in [2.05, 4.69) is 4.98 Å². The molecule has 3 nitrogen and oxygen atoms in total. The number of rotatable bonds is 3. The van der Waals surface area contributed by atoms with Crippen molar-refractivity contribution < 1.29 is 4.79 Å². The molecule has 2 rings (SSSR count). The van der Waals surface area contributed by atoms with E-state index in [-0.39, 0.29) is 11.8 Å². The summed E-state index contributed by atoms with van der Waals surface area (Å²) in [5, 5.41) is 1.10. The molecule has 0 aliphatic carbocycles. The predicted molar refractivity (Wildman–Crippen MR) is 65.7 cm³/mol. The van der Waals surface area contributed by atoms with Gasteiger partial charge in [0, 0.05) is 28.7 Å². The minimum atomic E-state index is 0.0925. The average Bonchev–Trinajstić information content (AvgIpc) is 2.60. The van der Waals surface area contributed by atoms with Crippen LogP contribution in [0.25, 0.3) is 10.9 Å². The Hall–Kier alpha value is -1.61. The van der Waals surface area contributed by atoms with Crippen molar-refractivity contribution in [3.05, 3.63) is 35.5 Å². The molecule has 84 valence electrons. The van der Waals surface area contributed by atoms with Crippen LogP contribution in [0.3, 0.4) is 0 Å². The Balaban J connectivity index is 2.51. The van der Waals surface area contributed by atoms with Crippen LogP contribution < -0.4 is 5.73 Å². The second kappa shape index (κ2) is 4.10. The molecule has 16 heavy (non-hydrogen) atoms. The lowest BCUT2D eigenvalue weighted by Gasteiger charge is -2.03. The summed E-state index contributed by atoms with van der Waals surface area (Å²) in [6.07, 6.45) is 2.79. The monoisotopic (exact) mass is 216 g/mol. The van der Waals surface area contributed by atoms with Gasteiger partial charge in [-0.3, -0.25) is 4.79 Å². The average molecular weight is 216 g/mol. The number of aromatic nitrogens is 1. The molecule has 1 atom stereocenters. The Bertz CT molecular complexity index is 526. The number of hydrogen-bond acceptors (Lipinski definition) is 2. The molecule has 1 heterocycles. The fourth-order valence-electron chi connectivity index (χ4n) is 1.91. The minimum absolute atomic E-state index is 0.0925. The lowest BCUT2D eigenvalue weighted by atomic mass is 10.0. The van der Waals surface area contributed by atoms with Gasteiger partial charge in [-0.05, 0) is 44.0 Å². The molecular formula is C13H16N2O. The summed E-state index contributed by atoms with van der Waals surface area (Å²) in [6.45, 7) is 3.56. The molecule has 0 aliphatic rings. The first-order valence-corrected chi connectivity index (χ1v) is 5.44. The van der Waals surface area contributed by atoms with Crippen molar-refractivity contribution in [2.75, 3.05) is 0 Å². The van der Waals surface area contributed by atoms with Crippen LogP contribution in [0.2, 0.25) is 0 Å². The maximum atomic E-state index is 11.3. The standard InChI is InChI=1S/C13H16N2O/c1-8(14)5-11-7-15-13-4-3-10(9(2)16)6-12(11)13/h3-4,6-8,15H,5,14H2,1-2H3/t8-/m0/s1. The third-order valence-corrected chi connectivity index (χ3v) is 2.72. The van der Waals surface area contributed by atoms with Crippen molar-refractivity contribution in [2.24, 2.45) is 5.73 Å². The summed E-state index contributed by atoms with van der Waals surface area (Å²) in [7, 11) is 0. The van der Waals surface area contributed by atoms with Gasteiger partial charge in [-0.1, -0.05) is 0 Å². The van der Waals surface area contributed by atoms with E-state index in [1.165, 1.54) is 5.56 Å². The molecule has 0 bridgehead atoms. The zero-order valence-corrected chi connectivity index (χ0v) is 9.58. The highest BCUT2D eigenvalue weighted by Gasteiger charge is 2.08. The molecule has 3 heteroatoms. The predicted octanol–water partition coefficient (Wildman–Crippen LogP) is 2.26. The first-order chi connectivity index (χ1) is 7.58. The number of carbonyl (C=O) groups excluding carboxylic acids is 1. The summed E-state index contributed by atoms with van der Waals surface area (Å²) < 4.78 is 0. The Morgan fingerprint density at radius 3 is 2.88 bits per heavy atom. The topological polar surface area (TPSA) is 58.9 Å². The minimum Gasteiger partial charge on any atom is -0.361 e. The normalized spacial score (nSPS) is 12.9. The lowest BCUT2D eigenvalue weighted by molar-refractivity contribution is 0.101. The molecule has 0 saturated heterocycles. The first-order valence-electron chi connectivity index (χ1n) is 5.44. The Kier molecular flexibility index (Phi) is 2.79. The maximum absolute atomic E-state index is 11.3. The maximum Gasteiger partial charge on any atom is 0.159 e. The van der Waals surface area contributed by atoms with Gasteiger partial charge in [-0.2, -0.15) is 0 Å². The van der Waals surface area contributed by atoms with E-state index < -0.39 is 0 Å². The zero-order chi connectivity index (χ0) is 11.7. The molecule has 0 amide bonds. The van der Waals surface area contributed by atoms with Crippen molar-refractivity contribution in [1.29, 1.82) is 0 Å². The third kappa shape index (κ3) is 1.99. The second-order valence-electron chi connectivity index (χ2n) is 4.31. The SMILES string of the molecule is CC(=O)c1ccc2[nH]cc(C[C@H](C)N)c2c1. The molecule has 2 aromatic rings. The van der Waals surface area contributed by atoms with Gasteiger partial charge >= 0.3 is 0 Å². The molecule has 0 radical (unpaired) electrons. The van der Waals surface area contributed by atoms with Crippen molar-refractivity contribution in [3.8, 4) is 0 Å². The number of Topliss-reactive ketones (excluding diaryl/α,β-unsaturated/α-hetero) is 1. The van der Waals surface area contributed by atoms with Gasteiger partial charge in [0.2, 0.25) is 0 Å². The smallest absolute Gasteiger partial charge is 0.159 e. The van der Waals surface area contributed by atoms with E-state index in [0.29, 0.717) is 0 Å². The second-order valence-corrected chi connectivity index (χ2v) is 4.31. The molecular weight excluding hydrogens is 200 g/mol. The van der Waals surface area contributed by atoms with Crippen molar-refractivity contribution >= 4 is 16.7 Å². The molecule has 0 unspecified atom stereocenters. The quantitative estimate of drug-likeness (QED) is 0.773. The Morgan fingerprint density at radius 2 is 2.25 bits per heavy atom. The Labute approximate surface area is 94.6 Å². The van der Waals surface area contributed by atoms with Crippen LogP contribution in [-0.2, 0) is 6.42 Å². The summed E-state index contributed by atoms with van der Waals surface area (Å²) in [5.74, 6) is 0.0925. The number of benzene rings is 1. The molecule has 0 aliphatic heterocycles. The van der Waals surface area contributed by atoms with E-state index in [9.17, 15) is 4.79 Å². The van der Waals surface area contributed by atoms with Crippen LogP contribution in [0.1, 0.15) is 29.8 Å². The molecule has 0 fully saturated rings. The summed E-state index contributed by atoms with van der Waals surface area (Å²) in [6, 6.07) is 5.85. The fourth-order valence-corrected chi connectivity index (χ4v) is 1.91. The highest BCUT2D eigenvalue weighted by molar-refractivity contribution is 5.98. The number of ketones is 1.